The SMILES string of the molecule is NNC(CCc1ccco1)Cc1ccc(I)cc1. The minimum atomic E-state index is 0.273. The summed E-state index contributed by atoms with van der Waals surface area (Å²) in [7, 11) is 0. The standard InChI is InChI=1S/C14H17IN2O/c15-12-5-3-11(4-6-12)10-13(17-16)7-8-14-2-1-9-18-14/h1-6,9,13,17H,7-8,10,16H2. The summed E-state index contributed by atoms with van der Waals surface area (Å²) in [6.45, 7) is 0. The lowest BCUT2D eigenvalue weighted by Crippen LogP contribution is -2.37. The van der Waals surface area contributed by atoms with Crippen LogP contribution in [0.3, 0.4) is 0 Å². The number of nitrogens with one attached hydrogen (secondary N) is 1. The molecular formula is C14H17IN2O. The van der Waals surface area contributed by atoms with Crippen LogP contribution >= 0.6 is 22.6 Å². The summed E-state index contributed by atoms with van der Waals surface area (Å²) in [6, 6.07) is 12.7. The van der Waals surface area contributed by atoms with Gasteiger partial charge in [0, 0.05) is 16.0 Å². The van der Waals surface area contributed by atoms with Crippen molar-refractivity contribution in [1.29, 1.82) is 0 Å². The quantitative estimate of drug-likeness (QED) is 0.476. The maximum absolute atomic E-state index is 5.61. The molecule has 0 aliphatic heterocycles. The van der Waals surface area contributed by atoms with E-state index in [2.05, 4.69) is 52.3 Å². The van der Waals surface area contributed by atoms with Gasteiger partial charge in [-0.25, -0.2) is 0 Å². The molecule has 1 unspecified atom stereocenters. The van der Waals surface area contributed by atoms with Gasteiger partial charge in [-0.2, -0.15) is 0 Å². The van der Waals surface area contributed by atoms with Crippen LogP contribution < -0.4 is 11.3 Å². The van der Waals surface area contributed by atoms with E-state index in [1.807, 2.05) is 12.1 Å². The molecule has 2 aromatic rings. The molecule has 0 saturated heterocycles. The summed E-state index contributed by atoms with van der Waals surface area (Å²) in [4.78, 5) is 0. The van der Waals surface area contributed by atoms with E-state index < -0.39 is 0 Å². The average molecular weight is 356 g/mol. The van der Waals surface area contributed by atoms with E-state index in [1.54, 1.807) is 6.26 Å². The summed E-state index contributed by atoms with van der Waals surface area (Å²) in [5.74, 6) is 6.62. The topological polar surface area (TPSA) is 51.2 Å². The van der Waals surface area contributed by atoms with Crippen LogP contribution in [0.5, 0.6) is 0 Å². The highest BCUT2D eigenvalue weighted by Crippen LogP contribution is 2.12. The van der Waals surface area contributed by atoms with Crippen LogP contribution in [0.1, 0.15) is 17.7 Å². The second-order valence-electron chi connectivity index (χ2n) is 4.31. The first-order chi connectivity index (χ1) is 8.78. The minimum absolute atomic E-state index is 0.273. The fourth-order valence-corrected chi connectivity index (χ4v) is 2.28. The first kappa shape index (κ1) is 13.6. The van der Waals surface area contributed by atoms with Gasteiger partial charge in [-0.05, 0) is 65.3 Å². The van der Waals surface area contributed by atoms with Crippen LogP contribution in [-0.2, 0) is 12.8 Å². The number of benzene rings is 1. The van der Waals surface area contributed by atoms with E-state index in [0.717, 1.165) is 25.0 Å². The third kappa shape index (κ3) is 4.12. The summed E-state index contributed by atoms with van der Waals surface area (Å²) in [5, 5.41) is 0. The molecule has 0 aliphatic rings. The highest BCUT2D eigenvalue weighted by atomic mass is 127. The molecule has 0 amide bonds. The largest absolute Gasteiger partial charge is 0.469 e. The molecule has 0 spiro atoms. The van der Waals surface area contributed by atoms with Crippen LogP contribution in [0.4, 0.5) is 0 Å². The smallest absolute Gasteiger partial charge is 0.103 e. The van der Waals surface area contributed by atoms with Gasteiger partial charge >= 0.3 is 0 Å². The maximum atomic E-state index is 5.61. The van der Waals surface area contributed by atoms with E-state index in [1.165, 1.54) is 9.13 Å². The zero-order valence-electron chi connectivity index (χ0n) is 10.1. The lowest BCUT2D eigenvalue weighted by Gasteiger charge is -2.15. The molecule has 0 radical (unpaired) electrons. The van der Waals surface area contributed by atoms with Crippen molar-refractivity contribution in [3.05, 3.63) is 57.6 Å². The summed E-state index contributed by atoms with van der Waals surface area (Å²) in [6.07, 6.45) is 4.52. The molecule has 0 bridgehead atoms. The van der Waals surface area contributed by atoms with Crippen LogP contribution in [-0.4, -0.2) is 6.04 Å². The van der Waals surface area contributed by atoms with Crippen molar-refractivity contribution < 1.29 is 4.42 Å². The summed E-state index contributed by atoms with van der Waals surface area (Å²) < 4.78 is 6.58. The number of nitrogens with two attached hydrogens (primary N) is 1. The van der Waals surface area contributed by atoms with E-state index in [9.17, 15) is 0 Å². The molecule has 2 rings (SSSR count). The molecule has 1 aromatic carbocycles. The van der Waals surface area contributed by atoms with Crippen molar-refractivity contribution in [2.45, 2.75) is 25.3 Å². The van der Waals surface area contributed by atoms with Crippen molar-refractivity contribution >= 4 is 22.6 Å². The number of halogens is 1. The van der Waals surface area contributed by atoms with Gasteiger partial charge < -0.3 is 4.42 Å². The Balaban J connectivity index is 1.87. The molecule has 0 fully saturated rings. The maximum Gasteiger partial charge on any atom is 0.103 e. The number of rotatable bonds is 6. The van der Waals surface area contributed by atoms with Crippen LogP contribution in [0.25, 0.3) is 0 Å². The Morgan fingerprint density at radius 3 is 2.61 bits per heavy atom. The predicted octanol–water partition coefficient (Wildman–Crippen LogP) is 2.89. The third-order valence-electron chi connectivity index (χ3n) is 2.95. The van der Waals surface area contributed by atoms with Gasteiger partial charge in [-0.1, -0.05) is 12.1 Å². The molecule has 0 saturated carbocycles. The van der Waals surface area contributed by atoms with Crippen LogP contribution in [0.15, 0.2) is 47.1 Å². The Hall–Kier alpha value is -0.850. The van der Waals surface area contributed by atoms with Crippen molar-refractivity contribution in [1.82, 2.24) is 5.43 Å². The third-order valence-corrected chi connectivity index (χ3v) is 3.67. The molecule has 18 heavy (non-hydrogen) atoms. The molecule has 0 aliphatic carbocycles. The Morgan fingerprint density at radius 1 is 1.22 bits per heavy atom. The monoisotopic (exact) mass is 356 g/mol. The Bertz CT molecular complexity index is 453. The van der Waals surface area contributed by atoms with Crippen molar-refractivity contribution in [3.8, 4) is 0 Å². The van der Waals surface area contributed by atoms with E-state index in [-0.39, 0.29) is 6.04 Å². The van der Waals surface area contributed by atoms with Gasteiger partial charge in [0.25, 0.3) is 0 Å². The molecule has 1 aromatic heterocycles. The average Bonchev–Trinajstić information content (AvgIpc) is 2.90. The van der Waals surface area contributed by atoms with Gasteiger partial charge in [-0.3, -0.25) is 11.3 Å². The van der Waals surface area contributed by atoms with Crippen molar-refractivity contribution in [2.24, 2.45) is 5.84 Å². The highest BCUT2D eigenvalue weighted by molar-refractivity contribution is 14.1. The van der Waals surface area contributed by atoms with E-state index in [4.69, 9.17) is 10.3 Å². The Labute approximate surface area is 121 Å². The van der Waals surface area contributed by atoms with Gasteiger partial charge in [0.2, 0.25) is 0 Å². The van der Waals surface area contributed by atoms with Crippen LogP contribution in [0, 0.1) is 3.57 Å². The number of aryl methyl sites for hydroxylation is 1. The first-order valence-corrected chi connectivity index (χ1v) is 7.09. The fraction of sp³-hybridized carbons (Fsp3) is 0.286. The van der Waals surface area contributed by atoms with Crippen molar-refractivity contribution in [3.63, 3.8) is 0 Å². The lowest BCUT2D eigenvalue weighted by atomic mass is 10.0. The summed E-state index contributed by atoms with van der Waals surface area (Å²) >= 11 is 2.31. The van der Waals surface area contributed by atoms with Crippen molar-refractivity contribution in [2.75, 3.05) is 0 Å². The second-order valence-corrected chi connectivity index (χ2v) is 5.56. The predicted molar refractivity (Wildman–Crippen MR) is 81.0 cm³/mol. The molecule has 96 valence electrons. The summed E-state index contributed by atoms with van der Waals surface area (Å²) in [5.41, 5.74) is 4.19. The van der Waals surface area contributed by atoms with E-state index >= 15 is 0 Å². The zero-order chi connectivity index (χ0) is 12.8. The fourth-order valence-electron chi connectivity index (χ4n) is 1.92. The second kappa shape index (κ2) is 6.92. The molecule has 3 N–H and O–H groups in total. The molecule has 3 nitrogen and oxygen atoms in total. The van der Waals surface area contributed by atoms with Gasteiger partial charge in [-0.15, -0.1) is 0 Å². The van der Waals surface area contributed by atoms with E-state index in [0.29, 0.717) is 0 Å². The molecule has 1 atom stereocenters. The lowest BCUT2D eigenvalue weighted by molar-refractivity contribution is 0.447. The molecule has 1 heterocycles. The molecule has 4 heteroatoms. The zero-order valence-corrected chi connectivity index (χ0v) is 12.3. The number of furan rings is 1. The number of hydrogen-bond donors (Lipinski definition) is 2. The van der Waals surface area contributed by atoms with Gasteiger partial charge in [0.05, 0.1) is 6.26 Å². The van der Waals surface area contributed by atoms with Gasteiger partial charge in [0.1, 0.15) is 5.76 Å². The van der Waals surface area contributed by atoms with Crippen LogP contribution in [0.2, 0.25) is 0 Å². The Kier molecular flexibility index (Phi) is 5.22. The number of hydrogen-bond acceptors (Lipinski definition) is 3. The number of hydrazine groups is 1. The minimum Gasteiger partial charge on any atom is -0.469 e. The normalized spacial score (nSPS) is 12.6. The molecular weight excluding hydrogens is 339 g/mol. The Morgan fingerprint density at radius 2 is 2.00 bits per heavy atom. The highest BCUT2D eigenvalue weighted by Gasteiger charge is 2.09. The van der Waals surface area contributed by atoms with Gasteiger partial charge in [0.15, 0.2) is 0 Å². The first-order valence-electron chi connectivity index (χ1n) is 6.01.